The molecule has 0 heterocycles. The molecule has 0 saturated carbocycles. The lowest BCUT2D eigenvalue weighted by Crippen LogP contribution is -2.46. The van der Waals surface area contributed by atoms with Crippen LogP contribution in [0.3, 0.4) is 0 Å². The second-order valence-corrected chi connectivity index (χ2v) is 4.79. The number of aliphatic hydroxyl groups is 6. The maximum atomic E-state index is 8.96. The highest BCUT2D eigenvalue weighted by molar-refractivity contribution is 4.99. The van der Waals surface area contributed by atoms with Crippen LogP contribution in [0.2, 0.25) is 0 Å². The van der Waals surface area contributed by atoms with E-state index in [1.807, 2.05) is 72.8 Å². The Morgan fingerprint density at radius 1 is 0.417 bits per heavy atom. The normalized spacial score (nSPS) is 14.8. The highest BCUT2D eigenvalue weighted by Gasteiger charge is 2.29. The van der Waals surface area contributed by atoms with Crippen molar-refractivity contribution in [2.45, 2.75) is 24.4 Å². The molecule has 0 aliphatic carbocycles. The predicted octanol–water partition coefficient (Wildman–Crippen LogP) is -0.212. The Bertz CT molecular complexity index is 369. The average Bonchev–Trinajstić information content (AvgIpc) is 2.69. The largest absolute Gasteiger partial charge is 0.394 e. The first-order valence-electron chi connectivity index (χ1n) is 7.48. The molecular formula is C18H26O6. The van der Waals surface area contributed by atoms with E-state index in [0.717, 1.165) is 0 Å². The fraction of sp³-hybridized carbons (Fsp3) is 0.333. The van der Waals surface area contributed by atoms with E-state index < -0.39 is 37.6 Å². The van der Waals surface area contributed by atoms with E-state index in [1.165, 1.54) is 0 Å². The van der Waals surface area contributed by atoms with Crippen LogP contribution in [0, 0.1) is 0 Å². The molecule has 0 aliphatic rings. The van der Waals surface area contributed by atoms with Crippen molar-refractivity contribution in [1.29, 1.82) is 0 Å². The zero-order valence-corrected chi connectivity index (χ0v) is 13.3. The van der Waals surface area contributed by atoms with Crippen molar-refractivity contribution in [3.63, 3.8) is 0 Å². The van der Waals surface area contributed by atoms with Gasteiger partial charge in [0.05, 0.1) is 13.2 Å². The van der Waals surface area contributed by atoms with E-state index in [2.05, 4.69) is 0 Å². The van der Waals surface area contributed by atoms with Gasteiger partial charge in [-0.3, -0.25) is 0 Å². The molecule has 2 aromatic rings. The highest BCUT2D eigenvalue weighted by Crippen LogP contribution is 2.04. The van der Waals surface area contributed by atoms with Crippen molar-refractivity contribution in [2.24, 2.45) is 0 Å². The molecule has 0 amide bonds. The molecule has 0 saturated heterocycles. The first kappa shape index (κ1) is 22.2. The molecule has 6 heteroatoms. The Kier molecular flexibility index (Phi) is 13.7. The molecule has 24 heavy (non-hydrogen) atoms. The summed E-state index contributed by atoms with van der Waals surface area (Å²) in [6.07, 6.45) is -6.39. The lowest BCUT2D eigenvalue weighted by molar-refractivity contribution is -0.123. The lowest BCUT2D eigenvalue weighted by Gasteiger charge is -2.24. The van der Waals surface area contributed by atoms with Crippen LogP contribution in [0.25, 0.3) is 0 Å². The van der Waals surface area contributed by atoms with E-state index in [0.29, 0.717) is 0 Å². The first-order valence-corrected chi connectivity index (χ1v) is 7.48. The van der Waals surface area contributed by atoms with Crippen LogP contribution < -0.4 is 0 Å². The maximum Gasteiger partial charge on any atom is 0.111 e. The van der Waals surface area contributed by atoms with E-state index in [1.54, 1.807) is 0 Å². The third kappa shape index (κ3) is 10.8. The number of hydrogen-bond acceptors (Lipinski definition) is 6. The molecule has 134 valence electrons. The molecule has 0 spiro atoms. The molecule has 6 N–H and O–H groups in total. The quantitative estimate of drug-likeness (QED) is 0.449. The second kappa shape index (κ2) is 14.8. The third-order valence-corrected chi connectivity index (χ3v) is 2.85. The second-order valence-electron chi connectivity index (χ2n) is 4.79. The van der Waals surface area contributed by atoms with Crippen molar-refractivity contribution in [1.82, 2.24) is 0 Å². The van der Waals surface area contributed by atoms with Gasteiger partial charge in [-0.1, -0.05) is 72.8 Å². The van der Waals surface area contributed by atoms with Gasteiger partial charge in [0.1, 0.15) is 24.4 Å². The van der Waals surface area contributed by atoms with Crippen LogP contribution in [0.4, 0.5) is 0 Å². The highest BCUT2D eigenvalue weighted by atomic mass is 16.4. The molecule has 6 nitrogen and oxygen atoms in total. The van der Waals surface area contributed by atoms with Crippen molar-refractivity contribution >= 4 is 0 Å². The smallest absolute Gasteiger partial charge is 0.111 e. The molecule has 0 aromatic heterocycles. The Labute approximate surface area is 141 Å². The van der Waals surface area contributed by atoms with Crippen LogP contribution in [-0.2, 0) is 0 Å². The third-order valence-electron chi connectivity index (χ3n) is 2.85. The minimum absolute atomic E-state index is 0.726. The SMILES string of the molecule is OCC(O)C(O)C(O)C(O)CO.c1ccccc1.c1ccccc1. The van der Waals surface area contributed by atoms with Crippen LogP contribution in [0.1, 0.15) is 0 Å². The Morgan fingerprint density at radius 2 is 0.583 bits per heavy atom. The number of aliphatic hydroxyl groups excluding tert-OH is 6. The van der Waals surface area contributed by atoms with Crippen molar-refractivity contribution < 1.29 is 30.6 Å². The van der Waals surface area contributed by atoms with Crippen LogP contribution in [0.15, 0.2) is 72.8 Å². The van der Waals surface area contributed by atoms with Gasteiger partial charge in [0.25, 0.3) is 0 Å². The Balaban J connectivity index is 0.000000364. The predicted molar refractivity (Wildman–Crippen MR) is 91.1 cm³/mol. The summed E-state index contributed by atoms with van der Waals surface area (Å²) in [5.41, 5.74) is 0. The van der Waals surface area contributed by atoms with Gasteiger partial charge in [-0.05, 0) is 0 Å². The van der Waals surface area contributed by atoms with E-state index in [-0.39, 0.29) is 0 Å². The molecular weight excluding hydrogens is 312 g/mol. The molecule has 0 radical (unpaired) electrons. The number of hydrogen-bond donors (Lipinski definition) is 6. The molecule has 0 bridgehead atoms. The van der Waals surface area contributed by atoms with Crippen molar-refractivity contribution in [3.8, 4) is 0 Å². The van der Waals surface area contributed by atoms with E-state index in [9.17, 15) is 0 Å². The zero-order valence-electron chi connectivity index (χ0n) is 13.3. The monoisotopic (exact) mass is 338 g/mol. The summed E-state index contributed by atoms with van der Waals surface area (Å²) in [6, 6.07) is 24.0. The molecule has 4 atom stereocenters. The van der Waals surface area contributed by atoms with Gasteiger partial charge in [0, 0.05) is 0 Å². The van der Waals surface area contributed by atoms with Crippen molar-refractivity contribution in [2.75, 3.05) is 13.2 Å². The summed E-state index contributed by atoms with van der Waals surface area (Å²) in [5, 5.41) is 52.2. The summed E-state index contributed by atoms with van der Waals surface area (Å²) >= 11 is 0. The summed E-state index contributed by atoms with van der Waals surface area (Å²) < 4.78 is 0. The van der Waals surface area contributed by atoms with E-state index in [4.69, 9.17) is 30.6 Å². The summed E-state index contributed by atoms with van der Waals surface area (Å²) in [4.78, 5) is 0. The standard InChI is InChI=1S/C6H14O6.2C6H6/c7-1-3(9)5(11)6(12)4(10)2-8;2*1-2-4-6-5-3-1/h3-12H,1-2H2;2*1-6H. The average molecular weight is 338 g/mol. The first-order chi connectivity index (χ1) is 11.5. The zero-order chi connectivity index (χ0) is 18.2. The summed E-state index contributed by atoms with van der Waals surface area (Å²) in [7, 11) is 0. The minimum atomic E-state index is -1.67. The fourth-order valence-electron chi connectivity index (χ4n) is 1.44. The number of benzene rings is 2. The summed E-state index contributed by atoms with van der Waals surface area (Å²) in [6.45, 7) is -1.45. The topological polar surface area (TPSA) is 121 Å². The maximum absolute atomic E-state index is 8.96. The van der Waals surface area contributed by atoms with Gasteiger partial charge in [-0.15, -0.1) is 0 Å². The number of rotatable bonds is 5. The van der Waals surface area contributed by atoms with Gasteiger partial charge < -0.3 is 30.6 Å². The minimum Gasteiger partial charge on any atom is -0.394 e. The fourth-order valence-corrected chi connectivity index (χ4v) is 1.44. The molecule has 2 rings (SSSR count). The van der Waals surface area contributed by atoms with Gasteiger partial charge in [-0.2, -0.15) is 0 Å². The van der Waals surface area contributed by atoms with E-state index >= 15 is 0 Å². The van der Waals surface area contributed by atoms with Crippen molar-refractivity contribution in [3.05, 3.63) is 72.8 Å². The molecule has 0 aliphatic heterocycles. The molecule has 2 aromatic carbocycles. The van der Waals surface area contributed by atoms with Crippen LogP contribution >= 0.6 is 0 Å². The summed E-state index contributed by atoms with van der Waals surface area (Å²) in [5.74, 6) is 0. The Morgan fingerprint density at radius 3 is 0.708 bits per heavy atom. The van der Waals surface area contributed by atoms with Gasteiger partial charge in [0.2, 0.25) is 0 Å². The van der Waals surface area contributed by atoms with Gasteiger partial charge >= 0.3 is 0 Å². The van der Waals surface area contributed by atoms with Crippen LogP contribution in [0.5, 0.6) is 0 Å². The van der Waals surface area contributed by atoms with Gasteiger partial charge in [0.15, 0.2) is 0 Å². The molecule has 0 fully saturated rings. The van der Waals surface area contributed by atoms with Crippen LogP contribution in [-0.4, -0.2) is 68.3 Å². The lowest BCUT2D eigenvalue weighted by atomic mass is 10.0. The Hall–Kier alpha value is -1.80. The molecule has 4 unspecified atom stereocenters. The van der Waals surface area contributed by atoms with Gasteiger partial charge in [-0.25, -0.2) is 0 Å².